The fraction of sp³-hybridized carbons (Fsp3) is 0.923. The number of nitrogens with two attached hydrogens (primary N) is 1. The molecule has 0 bridgehead atoms. The number of rotatable bonds is 6. The lowest BCUT2D eigenvalue weighted by molar-refractivity contribution is -0.120. The Hall–Kier alpha value is -0.610. The van der Waals surface area contributed by atoms with Gasteiger partial charge in [-0.1, -0.05) is 20.8 Å². The third kappa shape index (κ3) is 4.64. The van der Waals surface area contributed by atoms with Gasteiger partial charge < -0.3 is 16.0 Å². The number of nitrogens with one attached hydrogen (secondary N) is 1. The number of carbonyl (C=O) groups is 1. The first kappa shape index (κ1) is 14.5. The number of likely N-dealkylation sites (tertiary alicyclic amines) is 1. The summed E-state index contributed by atoms with van der Waals surface area (Å²) in [4.78, 5) is 13.8. The van der Waals surface area contributed by atoms with E-state index in [0.29, 0.717) is 12.1 Å². The Bertz CT molecular complexity index is 255. The van der Waals surface area contributed by atoms with Crippen LogP contribution in [0, 0.1) is 5.92 Å². The van der Waals surface area contributed by atoms with E-state index in [0.717, 1.165) is 25.4 Å². The van der Waals surface area contributed by atoms with E-state index >= 15 is 0 Å². The molecule has 3 atom stereocenters. The van der Waals surface area contributed by atoms with Crippen LogP contribution in [0.5, 0.6) is 0 Å². The molecular weight excluding hydrogens is 214 g/mol. The minimum absolute atomic E-state index is 0.196. The van der Waals surface area contributed by atoms with Gasteiger partial charge in [0.2, 0.25) is 5.91 Å². The molecule has 0 radical (unpaired) electrons. The van der Waals surface area contributed by atoms with E-state index in [1.165, 1.54) is 6.42 Å². The molecule has 1 amide bonds. The lowest BCUT2D eigenvalue weighted by Crippen LogP contribution is -2.46. The third-order valence-corrected chi connectivity index (χ3v) is 3.50. The number of carbonyl (C=O) groups excluding carboxylic acids is 1. The Kier molecular flexibility index (Phi) is 5.40. The zero-order valence-corrected chi connectivity index (χ0v) is 11.6. The van der Waals surface area contributed by atoms with Crippen molar-refractivity contribution < 1.29 is 4.79 Å². The van der Waals surface area contributed by atoms with Crippen molar-refractivity contribution in [3.8, 4) is 0 Å². The molecule has 100 valence electrons. The van der Waals surface area contributed by atoms with Crippen molar-refractivity contribution in [2.75, 3.05) is 13.1 Å². The predicted octanol–water partition coefficient (Wildman–Crippen LogP) is 0.959. The molecule has 1 fully saturated rings. The molecule has 4 nitrogen and oxygen atoms in total. The first-order chi connectivity index (χ1) is 7.90. The van der Waals surface area contributed by atoms with Crippen molar-refractivity contribution in [2.45, 2.75) is 58.7 Å². The maximum absolute atomic E-state index is 11.3. The summed E-state index contributed by atoms with van der Waals surface area (Å²) in [5.41, 5.74) is 5.41. The van der Waals surface area contributed by atoms with Crippen LogP contribution in [0.2, 0.25) is 0 Å². The van der Waals surface area contributed by atoms with Crippen LogP contribution in [0.4, 0.5) is 0 Å². The smallest absolute Gasteiger partial charge is 0.234 e. The summed E-state index contributed by atoms with van der Waals surface area (Å²) >= 11 is 0. The predicted molar refractivity (Wildman–Crippen MR) is 70.7 cm³/mol. The normalized spacial score (nSPS) is 27.6. The molecule has 1 aliphatic heterocycles. The van der Waals surface area contributed by atoms with Crippen molar-refractivity contribution >= 4 is 5.91 Å². The van der Waals surface area contributed by atoms with Gasteiger partial charge in [0.15, 0.2) is 0 Å². The van der Waals surface area contributed by atoms with E-state index < -0.39 is 0 Å². The fourth-order valence-corrected chi connectivity index (χ4v) is 2.70. The Morgan fingerprint density at radius 2 is 2.12 bits per heavy atom. The third-order valence-electron chi connectivity index (χ3n) is 3.50. The van der Waals surface area contributed by atoms with Gasteiger partial charge in [-0.2, -0.15) is 0 Å². The van der Waals surface area contributed by atoms with E-state index in [4.69, 9.17) is 5.73 Å². The van der Waals surface area contributed by atoms with Crippen LogP contribution in [0.25, 0.3) is 0 Å². The Labute approximate surface area is 105 Å². The van der Waals surface area contributed by atoms with Gasteiger partial charge in [0.1, 0.15) is 0 Å². The molecule has 17 heavy (non-hydrogen) atoms. The van der Waals surface area contributed by atoms with Crippen LogP contribution in [0.15, 0.2) is 0 Å². The molecule has 0 aliphatic carbocycles. The maximum Gasteiger partial charge on any atom is 0.234 e. The number of nitrogens with zero attached hydrogens (tertiary/aromatic N) is 1. The van der Waals surface area contributed by atoms with Gasteiger partial charge in [-0.25, -0.2) is 0 Å². The summed E-state index contributed by atoms with van der Waals surface area (Å²) in [6, 6.07) is 0.734. The summed E-state index contributed by atoms with van der Waals surface area (Å²) in [5, 5.41) is 3.23. The van der Waals surface area contributed by atoms with Gasteiger partial charge in [0.25, 0.3) is 0 Å². The summed E-state index contributed by atoms with van der Waals surface area (Å²) in [5.74, 6) is 0.536. The fourth-order valence-electron chi connectivity index (χ4n) is 2.70. The van der Waals surface area contributed by atoms with E-state index in [-0.39, 0.29) is 11.9 Å². The molecule has 0 aromatic heterocycles. The van der Waals surface area contributed by atoms with E-state index in [1.54, 1.807) is 0 Å². The van der Waals surface area contributed by atoms with Gasteiger partial charge in [-0.05, 0) is 25.7 Å². The van der Waals surface area contributed by atoms with Gasteiger partial charge in [-0.3, -0.25) is 4.79 Å². The zero-order valence-electron chi connectivity index (χ0n) is 11.6. The van der Waals surface area contributed by atoms with Gasteiger partial charge in [-0.15, -0.1) is 0 Å². The summed E-state index contributed by atoms with van der Waals surface area (Å²) in [7, 11) is 0. The molecule has 1 heterocycles. The highest BCUT2D eigenvalue weighted by atomic mass is 16.1. The maximum atomic E-state index is 11.3. The molecular formula is C13H27N3O. The average Bonchev–Trinajstić information content (AvgIpc) is 2.51. The van der Waals surface area contributed by atoms with Crippen LogP contribution in [-0.4, -0.2) is 42.0 Å². The van der Waals surface area contributed by atoms with Crippen LogP contribution in [0.3, 0.4) is 0 Å². The van der Waals surface area contributed by atoms with Gasteiger partial charge >= 0.3 is 0 Å². The minimum atomic E-state index is -0.237. The number of hydrogen-bond donors (Lipinski definition) is 2. The first-order valence-electron chi connectivity index (χ1n) is 6.69. The van der Waals surface area contributed by atoms with E-state index in [1.807, 2.05) is 13.8 Å². The molecule has 1 saturated heterocycles. The molecule has 4 heteroatoms. The van der Waals surface area contributed by atoms with Crippen LogP contribution in [0.1, 0.15) is 40.5 Å². The molecule has 1 aliphatic rings. The molecule has 0 aromatic carbocycles. The molecule has 0 spiro atoms. The van der Waals surface area contributed by atoms with Crippen LogP contribution in [-0.2, 0) is 4.79 Å². The second-order valence-corrected chi connectivity index (χ2v) is 5.75. The van der Waals surface area contributed by atoms with Crippen molar-refractivity contribution in [1.29, 1.82) is 0 Å². The van der Waals surface area contributed by atoms with Gasteiger partial charge in [0, 0.05) is 25.2 Å². The van der Waals surface area contributed by atoms with Crippen LogP contribution >= 0.6 is 0 Å². The molecule has 3 unspecified atom stereocenters. The average molecular weight is 241 g/mol. The number of primary amides is 1. The minimum Gasteiger partial charge on any atom is -0.368 e. The largest absolute Gasteiger partial charge is 0.368 e. The van der Waals surface area contributed by atoms with Gasteiger partial charge in [0.05, 0.1) is 6.04 Å². The van der Waals surface area contributed by atoms with Crippen molar-refractivity contribution in [3.05, 3.63) is 0 Å². The number of hydrogen-bond acceptors (Lipinski definition) is 3. The lowest BCUT2D eigenvalue weighted by atomic mass is 10.1. The number of amides is 1. The Balaban J connectivity index is 2.38. The summed E-state index contributed by atoms with van der Waals surface area (Å²) in [6.45, 7) is 10.7. The zero-order chi connectivity index (χ0) is 13.0. The molecule has 3 N–H and O–H groups in total. The quantitative estimate of drug-likeness (QED) is 0.728. The molecule has 0 aromatic rings. The summed E-state index contributed by atoms with van der Waals surface area (Å²) in [6.07, 6.45) is 2.07. The second kappa shape index (κ2) is 6.36. The first-order valence-corrected chi connectivity index (χ1v) is 6.69. The highest BCUT2D eigenvalue weighted by molar-refractivity contribution is 5.79. The van der Waals surface area contributed by atoms with Crippen molar-refractivity contribution in [2.24, 2.45) is 11.7 Å². The highest BCUT2D eigenvalue weighted by Crippen LogP contribution is 2.22. The molecule has 0 saturated carbocycles. The highest BCUT2D eigenvalue weighted by Gasteiger charge is 2.27. The standard InChI is InChI=1S/C13H27N3O/c1-9(2)15-12(13(14)17)5-6-16-8-10(3)7-11(16)4/h9-12,15H,5-8H2,1-4H3,(H2,14,17). The van der Waals surface area contributed by atoms with E-state index in [2.05, 4.69) is 24.1 Å². The second-order valence-electron chi connectivity index (χ2n) is 5.75. The SMILES string of the molecule is CC1CC(C)N(CCC(NC(C)C)C(N)=O)C1. The summed E-state index contributed by atoms with van der Waals surface area (Å²) < 4.78 is 0. The topological polar surface area (TPSA) is 58.4 Å². The lowest BCUT2D eigenvalue weighted by Gasteiger charge is -2.24. The Morgan fingerprint density at radius 1 is 1.47 bits per heavy atom. The monoisotopic (exact) mass is 241 g/mol. The van der Waals surface area contributed by atoms with Crippen molar-refractivity contribution in [3.63, 3.8) is 0 Å². The van der Waals surface area contributed by atoms with E-state index in [9.17, 15) is 4.79 Å². The van der Waals surface area contributed by atoms with Crippen molar-refractivity contribution in [1.82, 2.24) is 10.2 Å². The van der Waals surface area contributed by atoms with Crippen LogP contribution < -0.4 is 11.1 Å². The molecule has 1 rings (SSSR count). The Morgan fingerprint density at radius 3 is 2.53 bits per heavy atom.